The molecule has 0 bridgehead atoms. The Bertz CT molecular complexity index is 1160. The summed E-state index contributed by atoms with van der Waals surface area (Å²) in [6.45, 7) is 3.59. The summed E-state index contributed by atoms with van der Waals surface area (Å²) in [5.74, 6) is 0.445. The molecule has 0 aliphatic heterocycles. The highest BCUT2D eigenvalue weighted by atomic mass is 16.2. The van der Waals surface area contributed by atoms with Crippen molar-refractivity contribution < 1.29 is 4.79 Å². The number of fused-ring (bicyclic) bond motifs is 2. The molecule has 1 aliphatic carbocycles. The van der Waals surface area contributed by atoms with Gasteiger partial charge in [0.2, 0.25) is 0 Å². The Morgan fingerprint density at radius 2 is 2.10 bits per heavy atom. The van der Waals surface area contributed by atoms with Gasteiger partial charge >= 0.3 is 0 Å². The summed E-state index contributed by atoms with van der Waals surface area (Å²) in [5.41, 5.74) is 4.23. The van der Waals surface area contributed by atoms with Crippen LogP contribution in [0.2, 0.25) is 0 Å². The number of carbonyl (C=O) groups excluding carboxylic acids is 1. The molecule has 1 saturated carbocycles. The molecule has 3 heterocycles. The molecule has 0 unspecified atom stereocenters. The third-order valence-corrected chi connectivity index (χ3v) is 6.46. The quantitative estimate of drug-likeness (QED) is 0.491. The molecule has 2 N–H and O–H groups in total. The van der Waals surface area contributed by atoms with Crippen LogP contribution in [0.3, 0.4) is 0 Å². The van der Waals surface area contributed by atoms with Gasteiger partial charge in [0.1, 0.15) is 0 Å². The fraction of sp³-hybridized carbons (Fsp3) is 0.360. The Morgan fingerprint density at radius 3 is 2.97 bits per heavy atom. The summed E-state index contributed by atoms with van der Waals surface area (Å²) in [4.78, 5) is 23.0. The summed E-state index contributed by atoms with van der Waals surface area (Å²) >= 11 is 0. The van der Waals surface area contributed by atoms with Crippen molar-refractivity contribution in [1.82, 2.24) is 24.6 Å². The summed E-state index contributed by atoms with van der Waals surface area (Å²) in [6.07, 6.45) is 8.57. The zero-order chi connectivity index (χ0) is 21.2. The number of hydrogen-bond donors (Lipinski definition) is 2. The highest BCUT2D eigenvalue weighted by Crippen LogP contribution is 2.25. The van der Waals surface area contributed by atoms with Crippen molar-refractivity contribution in [2.24, 2.45) is 0 Å². The number of rotatable bonds is 6. The number of nitrogens with zero attached hydrogens (tertiary/aromatic N) is 3. The molecule has 0 saturated heterocycles. The van der Waals surface area contributed by atoms with E-state index in [4.69, 9.17) is 0 Å². The number of nitrogens with one attached hydrogen (secondary N) is 2. The Hall–Kier alpha value is -3.12. The van der Waals surface area contributed by atoms with E-state index >= 15 is 0 Å². The summed E-state index contributed by atoms with van der Waals surface area (Å²) < 4.78 is 2.16. The van der Waals surface area contributed by atoms with Gasteiger partial charge in [-0.2, -0.15) is 0 Å². The third kappa shape index (κ3) is 4.08. The first-order chi connectivity index (χ1) is 15.2. The molecule has 6 nitrogen and oxygen atoms in total. The van der Waals surface area contributed by atoms with E-state index in [-0.39, 0.29) is 11.9 Å². The van der Waals surface area contributed by atoms with Gasteiger partial charge in [0.25, 0.3) is 5.91 Å². The molecule has 1 fully saturated rings. The van der Waals surface area contributed by atoms with Crippen LogP contribution in [0.1, 0.15) is 48.8 Å². The maximum absolute atomic E-state index is 13.2. The third-order valence-electron chi connectivity index (χ3n) is 6.46. The summed E-state index contributed by atoms with van der Waals surface area (Å²) in [6, 6.07) is 17.0. The van der Waals surface area contributed by atoms with Gasteiger partial charge in [-0.3, -0.25) is 4.79 Å². The topological polar surface area (TPSA) is 65.4 Å². The minimum atomic E-state index is 0.00223. The number of aromatic nitrogens is 3. The van der Waals surface area contributed by atoms with Crippen LogP contribution in [0.15, 0.2) is 60.9 Å². The molecule has 4 aromatic rings. The van der Waals surface area contributed by atoms with E-state index in [1.807, 2.05) is 29.2 Å². The first kappa shape index (κ1) is 19.8. The number of pyridine rings is 1. The fourth-order valence-corrected chi connectivity index (χ4v) is 4.84. The van der Waals surface area contributed by atoms with Crippen LogP contribution in [0.5, 0.6) is 0 Å². The number of imidazole rings is 1. The predicted octanol–water partition coefficient (Wildman–Crippen LogP) is 4.38. The van der Waals surface area contributed by atoms with E-state index in [2.05, 4.69) is 63.3 Å². The lowest BCUT2D eigenvalue weighted by molar-refractivity contribution is 0.0617. The van der Waals surface area contributed by atoms with Crippen LogP contribution in [-0.2, 0) is 6.54 Å². The molecule has 0 radical (unpaired) electrons. The van der Waals surface area contributed by atoms with Crippen molar-refractivity contribution in [2.75, 3.05) is 6.54 Å². The van der Waals surface area contributed by atoms with Crippen LogP contribution < -0.4 is 5.32 Å². The van der Waals surface area contributed by atoms with Crippen molar-refractivity contribution >= 4 is 22.5 Å². The zero-order valence-electron chi connectivity index (χ0n) is 17.9. The van der Waals surface area contributed by atoms with Gasteiger partial charge in [0, 0.05) is 43.1 Å². The van der Waals surface area contributed by atoms with E-state index in [1.54, 1.807) is 0 Å². The average Bonchev–Trinajstić information content (AvgIpc) is 3.45. The van der Waals surface area contributed by atoms with Crippen LogP contribution in [0.4, 0.5) is 0 Å². The molecule has 160 valence electrons. The van der Waals surface area contributed by atoms with Gasteiger partial charge in [-0.15, -0.1) is 0 Å². The number of para-hydroxylation sites is 2. The number of hydrogen-bond acceptors (Lipinski definition) is 3. The molecule has 3 aromatic heterocycles. The lowest BCUT2D eigenvalue weighted by atomic mass is 9.89. The number of carbonyl (C=O) groups is 1. The van der Waals surface area contributed by atoms with Gasteiger partial charge in [-0.25, -0.2) is 4.98 Å². The zero-order valence-corrected chi connectivity index (χ0v) is 17.9. The number of H-pyrrole nitrogens is 1. The van der Waals surface area contributed by atoms with Crippen LogP contribution >= 0.6 is 0 Å². The van der Waals surface area contributed by atoms with Crippen molar-refractivity contribution in [1.29, 1.82) is 0 Å². The normalized spacial score (nSPS) is 19.1. The largest absolute Gasteiger partial charge is 0.334 e. The summed E-state index contributed by atoms with van der Waals surface area (Å²) in [7, 11) is 0. The molecule has 2 atom stereocenters. The molecule has 0 spiro atoms. The van der Waals surface area contributed by atoms with Crippen molar-refractivity contribution in [3.05, 3.63) is 72.3 Å². The second kappa shape index (κ2) is 8.55. The van der Waals surface area contributed by atoms with Crippen molar-refractivity contribution in [2.45, 2.75) is 51.2 Å². The number of aromatic amines is 1. The average molecular weight is 416 g/mol. The SMILES string of the molecule is CCN(C(=O)c1nc2ccccc2[nH]1)[C@H]1CCC[C@@H](NCc2ccc3cccn3c2)C1. The monoisotopic (exact) mass is 415 g/mol. The number of amides is 1. The Labute approximate surface area is 182 Å². The van der Waals surface area contributed by atoms with E-state index in [9.17, 15) is 4.79 Å². The smallest absolute Gasteiger partial charge is 0.289 e. The molecule has 31 heavy (non-hydrogen) atoms. The molecule has 1 amide bonds. The predicted molar refractivity (Wildman–Crippen MR) is 123 cm³/mol. The van der Waals surface area contributed by atoms with Crippen LogP contribution in [0, 0.1) is 0 Å². The molecular formula is C25H29N5O. The van der Waals surface area contributed by atoms with E-state index < -0.39 is 0 Å². The molecule has 6 heteroatoms. The van der Waals surface area contributed by atoms with Crippen molar-refractivity contribution in [3.63, 3.8) is 0 Å². The molecule has 1 aliphatic rings. The lowest BCUT2D eigenvalue weighted by Gasteiger charge is -2.37. The van der Waals surface area contributed by atoms with Gasteiger partial charge in [-0.05, 0) is 68.5 Å². The Kier molecular flexibility index (Phi) is 5.47. The van der Waals surface area contributed by atoms with E-state index in [0.717, 1.165) is 43.3 Å². The fourth-order valence-electron chi connectivity index (χ4n) is 4.84. The first-order valence-electron chi connectivity index (χ1n) is 11.3. The van der Waals surface area contributed by atoms with E-state index in [0.29, 0.717) is 18.4 Å². The second-order valence-electron chi connectivity index (χ2n) is 8.47. The van der Waals surface area contributed by atoms with Gasteiger partial charge in [0.15, 0.2) is 5.82 Å². The van der Waals surface area contributed by atoms with Crippen LogP contribution in [0.25, 0.3) is 16.6 Å². The molecular weight excluding hydrogens is 386 g/mol. The Morgan fingerprint density at radius 1 is 1.19 bits per heavy atom. The Balaban J connectivity index is 1.25. The lowest BCUT2D eigenvalue weighted by Crippen LogP contribution is -2.47. The standard InChI is InChI=1S/C25H29N5O/c1-2-30(25(31)24-27-22-10-3-4-11-23(22)28-24)21-8-5-7-19(15-21)26-16-18-12-13-20-9-6-14-29(20)17-18/h3-4,6,9-14,17,19,21,26H,2,5,7-8,15-16H2,1H3,(H,27,28)/t19-,21+/m1/s1. The second-order valence-corrected chi connectivity index (χ2v) is 8.47. The van der Waals surface area contributed by atoms with Crippen molar-refractivity contribution in [3.8, 4) is 0 Å². The highest BCUT2D eigenvalue weighted by Gasteiger charge is 2.30. The van der Waals surface area contributed by atoms with Gasteiger partial charge in [0.05, 0.1) is 11.0 Å². The maximum atomic E-state index is 13.2. The highest BCUT2D eigenvalue weighted by molar-refractivity contribution is 5.94. The minimum Gasteiger partial charge on any atom is -0.334 e. The van der Waals surface area contributed by atoms with E-state index in [1.165, 1.54) is 11.1 Å². The molecule has 5 rings (SSSR count). The maximum Gasteiger partial charge on any atom is 0.289 e. The summed E-state index contributed by atoms with van der Waals surface area (Å²) in [5, 5.41) is 3.73. The van der Waals surface area contributed by atoms with Gasteiger partial charge < -0.3 is 19.6 Å². The van der Waals surface area contributed by atoms with Crippen LogP contribution in [-0.4, -0.2) is 43.8 Å². The van der Waals surface area contributed by atoms with Gasteiger partial charge in [-0.1, -0.05) is 18.2 Å². The first-order valence-corrected chi connectivity index (χ1v) is 11.3. The number of benzene rings is 1. The minimum absolute atomic E-state index is 0.00223. The molecule has 1 aromatic carbocycles.